The number of hydrogen-bond acceptors (Lipinski definition) is 1. The maximum absolute atomic E-state index is 8.80. The van der Waals surface area contributed by atoms with Gasteiger partial charge in [0, 0.05) is 0 Å². The maximum atomic E-state index is 8.80. The predicted molar refractivity (Wildman–Crippen MR) is 85.1 cm³/mol. The Bertz CT molecular complexity index is 251. The van der Waals surface area contributed by atoms with Crippen molar-refractivity contribution < 1.29 is 6.48 Å². The Morgan fingerprint density at radius 2 is 1.39 bits per heavy atom. The van der Waals surface area contributed by atoms with Crippen molar-refractivity contribution in [3.8, 4) is 0 Å². The van der Waals surface area contributed by atoms with E-state index in [1.165, 1.54) is 12.0 Å². The summed E-state index contributed by atoms with van der Waals surface area (Å²) in [5.41, 5.74) is 1.41. The smallest absolute Gasteiger partial charge is 0.0600 e. The molecule has 0 aliphatic heterocycles. The van der Waals surface area contributed by atoms with Gasteiger partial charge in [-0.3, -0.25) is 0 Å². The van der Waals surface area contributed by atoms with E-state index in [1.54, 1.807) is 13.8 Å². The fourth-order valence-electron chi connectivity index (χ4n) is 0.964. The second-order valence-corrected chi connectivity index (χ2v) is 3.82. The summed E-state index contributed by atoms with van der Waals surface area (Å²) in [5.74, 6) is 0. The summed E-state index contributed by atoms with van der Waals surface area (Å²) in [4.78, 5) is 0. The maximum Gasteiger partial charge on any atom is 0.0600 e. The summed E-state index contributed by atoms with van der Waals surface area (Å²) in [6.45, 7) is 10.0. The van der Waals surface area contributed by atoms with Crippen LogP contribution in [0, 0.1) is 0 Å². The highest BCUT2D eigenvalue weighted by molar-refractivity contribution is 5.13. The van der Waals surface area contributed by atoms with Gasteiger partial charge < -0.3 is 5.11 Å². The molecule has 0 aliphatic rings. The van der Waals surface area contributed by atoms with E-state index in [4.69, 9.17) is 6.48 Å². The summed E-state index contributed by atoms with van der Waals surface area (Å²) in [5, 5.41) is 8.80. The van der Waals surface area contributed by atoms with Crippen LogP contribution in [0.2, 0.25) is 0 Å². The minimum atomic E-state index is -1.17. The molecule has 1 aromatic rings. The fourth-order valence-corrected chi connectivity index (χ4v) is 0.964. The summed E-state index contributed by atoms with van der Waals surface area (Å²) < 4.78 is 6.98. The molecule has 0 amide bonds. The van der Waals surface area contributed by atoms with Crippen LogP contribution in [0.25, 0.3) is 0 Å². The topological polar surface area (TPSA) is 20.2 Å². The number of hydrogen-bond donors (Lipinski definition) is 1. The minimum absolute atomic E-state index is 0. The second kappa shape index (κ2) is 18.5. The molecule has 0 bridgehead atoms. The number of benzene rings is 1. The lowest BCUT2D eigenvalue weighted by Crippen LogP contribution is -1.99. The van der Waals surface area contributed by atoms with Crippen molar-refractivity contribution in [1.29, 1.82) is 0 Å². The molecule has 0 aromatic heterocycles. The Labute approximate surface area is 117 Å². The quantitative estimate of drug-likeness (QED) is 0.760. The third-order valence-electron chi connectivity index (χ3n) is 2.07. The normalized spacial score (nSPS) is 9.78. The zero-order chi connectivity index (χ0) is 14.4. The van der Waals surface area contributed by atoms with Crippen LogP contribution in [0.5, 0.6) is 0 Å². The monoisotopic (exact) mass is 256 g/mol. The van der Waals surface area contributed by atoms with Gasteiger partial charge in [0.1, 0.15) is 0 Å². The Morgan fingerprint density at radius 1 is 1.00 bits per heavy atom. The van der Waals surface area contributed by atoms with Crippen LogP contribution in [-0.2, 0) is 6.42 Å². The van der Waals surface area contributed by atoms with Crippen molar-refractivity contribution in [3.05, 3.63) is 35.9 Å². The molecule has 0 radical (unpaired) electrons. The first-order valence-electron chi connectivity index (χ1n) is 7.23. The van der Waals surface area contributed by atoms with E-state index in [-0.39, 0.29) is 7.43 Å². The van der Waals surface area contributed by atoms with Gasteiger partial charge in [-0.1, -0.05) is 78.8 Å². The van der Waals surface area contributed by atoms with Crippen LogP contribution < -0.4 is 0 Å². The van der Waals surface area contributed by atoms with E-state index in [0.717, 1.165) is 6.42 Å². The van der Waals surface area contributed by atoms with Crippen molar-refractivity contribution in [2.24, 2.45) is 0 Å². The van der Waals surface area contributed by atoms with Gasteiger partial charge in [0.25, 0.3) is 0 Å². The molecular weight excluding hydrogens is 220 g/mol. The third kappa shape index (κ3) is 17.6. The average Bonchev–Trinajstić information content (AvgIpc) is 2.41. The lowest BCUT2D eigenvalue weighted by Gasteiger charge is -1.98. The molecule has 0 atom stereocenters. The molecule has 0 unspecified atom stereocenters. The van der Waals surface area contributed by atoms with Gasteiger partial charge in [-0.2, -0.15) is 0 Å². The lowest BCUT2D eigenvalue weighted by molar-refractivity contribution is 0.166. The summed E-state index contributed by atoms with van der Waals surface area (Å²) in [6.07, 6.45) is 2.26. The van der Waals surface area contributed by atoms with Crippen LogP contribution in [0.3, 0.4) is 0 Å². The van der Waals surface area contributed by atoms with E-state index in [1.807, 2.05) is 6.07 Å². The van der Waals surface area contributed by atoms with Gasteiger partial charge >= 0.3 is 0 Å². The van der Waals surface area contributed by atoms with E-state index < -0.39 is 6.08 Å². The fraction of sp³-hybridized carbons (Fsp3) is 0.647. The Morgan fingerprint density at radius 3 is 1.56 bits per heavy atom. The van der Waals surface area contributed by atoms with Gasteiger partial charge in [-0.15, -0.1) is 0 Å². The van der Waals surface area contributed by atoms with Crippen molar-refractivity contribution in [3.63, 3.8) is 0 Å². The first-order valence-corrected chi connectivity index (χ1v) is 6.73. The van der Waals surface area contributed by atoms with E-state index in [9.17, 15) is 0 Å². The van der Waals surface area contributed by atoms with Crippen LogP contribution in [-0.4, -0.2) is 11.2 Å². The molecule has 0 saturated carbocycles. The SMILES string of the molecule is C.CCC.CCc1ccccc1.[3H]C(O)(CC)CC. The average molecular weight is 256 g/mol. The molecule has 1 nitrogen and oxygen atoms in total. The van der Waals surface area contributed by atoms with Crippen LogP contribution in [0.4, 0.5) is 0 Å². The van der Waals surface area contributed by atoms with E-state index in [2.05, 4.69) is 45.0 Å². The molecule has 108 valence electrons. The van der Waals surface area contributed by atoms with Crippen molar-refractivity contribution in [2.75, 3.05) is 0 Å². The van der Waals surface area contributed by atoms with Crippen molar-refractivity contribution >= 4 is 0 Å². The summed E-state index contributed by atoms with van der Waals surface area (Å²) in [6, 6.07) is 10.5. The van der Waals surface area contributed by atoms with Gasteiger partial charge in [-0.05, 0) is 24.8 Å². The molecule has 1 N–H and O–H groups in total. The van der Waals surface area contributed by atoms with E-state index in [0.29, 0.717) is 12.8 Å². The lowest BCUT2D eigenvalue weighted by atomic mass is 10.2. The van der Waals surface area contributed by atoms with Crippen molar-refractivity contribution in [2.45, 2.75) is 73.8 Å². The van der Waals surface area contributed by atoms with E-state index >= 15 is 0 Å². The van der Waals surface area contributed by atoms with Crippen LogP contribution in [0.15, 0.2) is 30.3 Å². The highest BCUT2D eigenvalue weighted by atomic mass is 16.3. The number of aliphatic hydroxyl groups is 1. The minimum Gasteiger partial charge on any atom is -0.393 e. The highest BCUT2D eigenvalue weighted by Gasteiger charge is 1.90. The molecule has 0 fully saturated rings. The third-order valence-corrected chi connectivity index (χ3v) is 2.07. The number of rotatable bonds is 3. The standard InChI is InChI=1S/C8H10.C5H12O.C3H8.CH4/c1-2-8-6-4-3-5-7-8;1-3-5(6)4-2;1-3-2;/h3-7H,2H2,1H3;5-6H,3-4H2,1-2H3;3H2,1-2H3;1H4/i;5T;;. The first kappa shape index (κ1) is 19.5. The summed E-state index contributed by atoms with van der Waals surface area (Å²) in [7, 11) is 0. The molecule has 0 heterocycles. The van der Waals surface area contributed by atoms with Gasteiger partial charge in [0.05, 0.1) is 7.45 Å². The largest absolute Gasteiger partial charge is 0.393 e. The molecule has 1 heteroatoms. The molecule has 18 heavy (non-hydrogen) atoms. The molecule has 0 spiro atoms. The predicted octanol–water partition coefficient (Wildman–Crippen LogP) is 5.47. The van der Waals surface area contributed by atoms with Gasteiger partial charge in [0.15, 0.2) is 0 Å². The van der Waals surface area contributed by atoms with Crippen LogP contribution >= 0.6 is 0 Å². The zero-order valence-corrected chi connectivity index (χ0v) is 12.2. The Kier molecular flexibility index (Phi) is 20.1. The summed E-state index contributed by atoms with van der Waals surface area (Å²) >= 11 is 0. The second-order valence-electron chi connectivity index (χ2n) is 3.82. The Balaban J connectivity index is -0.000000216. The molecule has 0 saturated heterocycles. The van der Waals surface area contributed by atoms with Gasteiger partial charge in [-0.25, -0.2) is 0 Å². The first-order chi connectivity index (χ1) is 8.47. The molecule has 1 rings (SSSR count). The van der Waals surface area contributed by atoms with Crippen molar-refractivity contribution in [1.82, 2.24) is 0 Å². The zero-order valence-electron chi connectivity index (χ0n) is 13.2. The number of aryl methyl sites for hydroxylation is 1. The molecular formula is C17H34O. The highest BCUT2D eigenvalue weighted by Crippen LogP contribution is 1.96. The van der Waals surface area contributed by atoms with Gasteiger partial charge in [0.2, 0.25) is 0 Å². The Hall–Kier alpha value is -0.820. The van der Waals surface area contributed by atoms with Crippen LogP contribution in [0.1, 0.15) is 68.2 Å². The molecule has 1 aromatic carbocycles. The molecule has 0 aliphatic carbocycles.